The van der Waals surface area contributed by atoms with Gasteiger partial charge in [0.1, 0.15) is 5.75 Å². The summed E-state index contributed by atoms with van der Waals surface area (Å²) >= 11 is 0. The summed E-state index contributed by atoms with van der Waals surface area (Å²) in [5.41, 5.74) is 0.782. The molecule has 0 saturated carbocycles. The van der Waals surface area contributed by atoms with E-state index in [1.54, 1.807) is 0 Å². The maximum atomic E-state index is 11.9. The molecule has 0 fully saturated rings. The fourth-order valence-corrected chi connectivity index (χ4v) is 2.06. The second-order valence-electron chi connectivity index (χ2n) is 4.60. The summed E-state index contributed by atoms with van der Waals surface area (Å²) < 4.78 is 5.78. The van der Waals surface area contributed by atoms with Crippen LogP contribution in [0, 0.1) is 0 Å². The van der Waals surface area contributed by atoms with Gasteiger partial charge in [-0.1, -0.05) is 31.2 Å². The Bertz CT molecular complexity index is 570. The Labute approximate surface area is 108 Å². The number of hydrogen-bond acceptors (Lipinski definition) is 2. The van der Waals surface area contributed by atoms with Crippen molar-refractivity contribution in [3.8, 4) is 5.75 Å². The fraction of sp³-hybridized carbons (Fsp3) is 0.312. The van der Waals surface area contributed by atoms with E-state index in [1.807, 2.05) is 57.2 Å². The third-order valence-electron chi connectivity index (χ3n) is 2.87. The summed E-state index contributed by atoms with van der Waals surface area (Å²) in [7, 11) is 0. The smallest absolute Gasteiger partial charge is 0.163 e. The third-order valence-corrected chi connectivity index (χ3v) is 2.87. The molecule has 0 aromatic heterocycles. The standard InChI is InChI=1S/C16H18O2/c1-4-15(17)13-9-10-16(18-11(2)3)14-8-6-5-7-12(13)14/h5-11H,4H2,1-3H3. The summed E-state index contributed by atoms with van der Waals surface area (Å²) in [5.74, 6) is 1.01. The predicted octanol–water partition coefficient (Wildman–Crippen LogP) is 4.22. The maximum absolute atomic E-state index is 11.9. The van der Waals surface area contributed by atoms with Gasteiger partial charge in [-0.2, -0.15) is 0 Å². The minimum atomic E-state index is 0.126. The highest BCUT2D eigenvalue weighted by atomic mass is 16.5. The van der Waals surface area contributed by atoms with Crippen LogP contribution in [0.25, 0.3) is 10.8 Å². The van der Waals surface area contributed by atoms with Gasteiger partial charge < -0.3 is 4.74 Å². The SMILES string of the molecule is CCC(=O)c1ccc(OC(C)C)c2ccccc12. The molecule has 18 heavy (non-hydrogen) atoms. The Morgan fingerprint density at radius 3 is 2.39 bits per heavy atom. The number of rotatable bonds is 4. The summed E-state index contributed by atoms with van der Waals surface area (Å²) in [6.07, 6.45) is 0.648. The van der Waals surface area contributed by atoms with Gasteiger partial charge in [0.2, 0.25) is 0 Å². The van der Waals surface area contributed by atoms with Crippen LogP contribution in [0.4, 0.5) is 0 Å². The lowest BCUT2D eigenvalue weighted by Gasteiger charge is -2.14. The first-order chi connectivity index (χ1) is 8.63. The first-order valence-corrected chi connectivity index (χ1v) is 6.35. The number of ether oxygens (including phenoxy) is 1. The predicted molar refractivity (Wildman–Crippen MR) is 74.3 cm³/mol. The van der Waals surface area contributed by atoms with Gasteiger partial charge in [0, 0.05) is 17.4 Å². The van der Waals surface area contributed by atoms with Crippen molar-refractivity contribution in [2.45, 2.75) is 33.3 Å². The molecule has 94 valence electrons. The second kappa shape index (κ2) is 5.21. The number of carbonyl (C=O) groups excluding carboxylic acids is 1. The molecule has 2 aromatic carbocycles. The van der Waals surface area contributed by atoms with Crippen LogP contribution < -0.4 is 4.74 Å². The number of fused-ring (bicyclic) bond motifs is 1. The van der Waals surface area contributed by atoms with Gasteiger partial charge >= 0.3 is 0 Å². The highest BCUT2D eigenvalue weighted by Gasteiger charge is 2.11. The van der Waals surface area contributed by atoms with E-state index in [4.69, 9.17) is 4.74 Å². The third kappa shape index (κ3) is 2.37. The van der Waals surface area contributed by atoms with Gasteiger partial charge in [-0.05, 0) is 31.4 Å². The molecule has 0 aliphatic rings. The quantitative estimate of drug-likeness (QED) is 0.750. The van der Waals surface area contributed by atoms with E-state index in [-0.39, 0.29) is 11.9 Å². The first-order valence-electron chi connectivity index (χ1n) is 6.35. The van der Waals surface area contributed by atoms with Gasteiger partial charge in [0.15, 0.2) is 5.78 Å². The maximum Gasteiger partial charge on any atom is 0.163 e. The van der Waals surface area contributed by atoms with Gasteiger partial charge in [-0.15, -0.1) is 0 Å². The molecular weight excluding hydrogens is 224 g/mol. The molecule has 0 N–H and O–H groups in total. The Morgan fingerprint density at radius 1 is 1.11 bits per heavy atom. The lowest BCUT2D eigenvalue weighted by Crippen LogP contribution is -2.07. The lowest BCUT2D eigenvalue weighted by molar-refractivity contribution is 0.0990. The molecule has 0 radical (unpaired) electrons. The zero-order valence-corrected chi connectivity index (χ0v) is 11.1. The van der Waals surface area contributed by atoms with Gasteiger partial charge in [-0.3, -0.25) is 4.79 Å². The minimum absolute atomic E-state index is 0.126. The van der Waals surface area contributed by atoms with Gasteiger partial charge in [0.25, 0.3) is 0 Å². The Hall–Kier alpha value is -1.83. The number of carbonyl (C=O) groups is 1. The van der Waals surface area contributed by atoms with Crippen LogP contribution in [0.2, 0.25) is 0 Å². The fourth-order valence-electron chi connectivity index (χ4n) is 2.06. The van der Waals surface area contributed by atoms with Crippen molar-refractivity contribution in [2.75, 3.05) is 0 Å². The van der Waals surface area contributed by atoms with Crippen LogP contribution in [0.3, 0.4) is 0 Å². The second-order valence-corrected chi connectivity index (χ2v) is 4.60. The van der Waals surface area contributed by atoms with Crippen LogP contribution >= 0.6 is 0 Å². The van der Waals surface area contributed by atoms with Crippen molar-refractivity contribution in [2.24, 2.45) is 0 Å². The molecule has 0 heterocycles. The summed E-state index contributed by atoms with van der Waals surface area (Å²) in [6.45, 7) is 5.88. The molecular formula is C16H18O2. The average molecular weight is 242 g/mol. The van der Waals surface area contributed by atoms with E-state index in [0.29, 0.717) is 6.42 Å². The summed E-state index contributed by atoms with van der Waals surface area (Å²) in [4.78, 5) is 11.9. The molecule has 0 atom stereocenters. The van der Waals surface area contributed by atoms with Crippen LogP contribution in [-0.2, 0) is 0 Å². The molecule has 0 amide bonds. The highest BCUT2D eigenvalue weighted by Crippen LogP contribution is 2.29. The molecule has 0 saturated heterocycles. The number of ketones is 1. The van der Waals surface area contributed by atoms with Crippen LogP contribution in [0.1, 0.15) is 37.6 Å². The van der Waals surface area contributed by atoms with E-state index in [1.165, 1.54) is 0 Å². The van der Waals surface area contributed by atoms with Crippen molar-refractivity contribution in [1.29, 1.82) is 0 Å². The number of benzene rings is 2. The molecule has 0 spiro atoms. The molecule has 2 nitrogen and oxygen atoms in total. The Balaban J connectivity index is 2.62. The van der Waals surface area contributed by atoms with Crippen molar-refractivity contribution < 1.29 is 9.53 Å². The van der Waals surface area contributed by atoms with Crippen molar-refractivity contribution in [3.05, 3.63) is 42.0 Å². The topological polar surface area (TPSA) is 26.3 Å². The molecule has 0 bridgehead atoms. The van der Waals surface area contributed by atoms with Crippen molar-refractivity contribution in [1.82, 2.24) is 0 Å². The Morgan fingerprint density at radius 2 is 1.78 bits per heavy atom. The largest absolute Gasteiger partial charge is 0.490 e. The van der Waals surface area contributed by atoms with Gasteiger partial charge in [0.05, 0.1) is 6.10 Å². The van der Waals surface area contributed by atoms with E-state index in [9.17, 15) is 4.79 Å². The highest BCUT2D eigenvalue weighted by molar-refractivity contribution is 6.09. The molecule has 2 heteroatoms. The van der Waals surface area contributed by atoms with Crippen LogP contribution in [0.5, 0.6) is 5.75 Å². The molecule has 0 aliphatic carbocycles. The summed E-state index contributed by atoms with van der Waals surface area (Å²) in [6, 6.07) is 11.7. The number of Topliss-reactive ketones (excluding diaryl/α,β-unsaturated/α-hetero) is 1. The zero-order valence-electron chi connectivity index (χ0n) is 11.1. The molecule has 2 rings (SSSR count). The van der Waals surface area contributed by atoms with E-state index >= 15 is 0 Å². The van der Waals surface area contributed by atoms with Crippen LogP contribution in [-0.4, -0.2) is 11.9 Å². The van der Waals surface area contributed by atoms with E-state index < -0.39 is 0 Å². The minimum Gasteiger partial charge on any atom is -0.490 e. The molecule has 0 aliphatic heterocycles. The number of hydrogen-bond donors (Lipinski definition) is 0. The summed E-state index contributed by atoms with van der Waals surface area (Å²) in [5, 5.41) is 1.98. The van der Waals surface area contributed by atoms with Crippen molar-refractivity contribution in [3.63, 3.8) is 0 Å². The van der Waals surface area contributed by atoms with E-state index in [2.05, 4.69) is 0 Å². The van der Waals surface area contributed by atoms with E-state index in [0.717, 1.165) is 22.1 Å². The lowest BCUT2D eigenvalue weighted by atomic mass is 9.99. The molecule has 0 unspecified atom stereocenters. The average Bonchev–Trinajstić information content (AvgIpc) is 2.38. The van der Waals surface area contributed by atoms with Crippen LogP contribution in [0.15, 0.2) is 36.4 Å². The normalized spacial score (nSPS) is 10.9. The zero-order chi connectivity index (χ0) is 13.1. The monoisotopic (exact) mass is 242 g/mol. The van der Waals surface area contributed by atoms with Gasteiger partial charge in [-0.25, -0.2) is 0 Å². The molecule has 2 aromatic rings. The van der Waals surface area contributed by atoms with Crippen molar-refractivity contribution >= 4 is 16.6 Å². The Kier molecular flexibility index (Phi) is 3.66. The first kappa shape index (κ1) is 12.6.